The molecule has 1 N–H and O–H groups in total. The maximum absolute atomic E-state index is 12.7. The normalized spacial score (nSPS) is 14.8. The van der Waals surface area contributed by atoms with Crippen LogP contribution in [0.1, 0.15) is 39.3 Å². The van der Waals surface area contributed by atoms with Crippen LogP contribution in [0.15, 0.2) is 24.4 Å². The molecule has 1 unspecified atom stereocenters. The van der Waals surface area contributed by atoms with Crippen LogP contribution >= 0.6 is 11.8 Å². The van der Waals surface area contributed by atoms with Gasteiger partial charge in [-0.2, -0.15) is 17.0 Å². The molecule has 1 aliphatic carbocycles. The Morgan fingerprint density at radius 3 is 2.73 bits per heavy atom. The second-order valence-corrected chi connectivity index (χ2v) is 8.10. The van der Waals surface area contributed by atoms with Crippen LogP contribution in [0.4, 0.5) is 4.79 Å². The Bertz CT molecular complexity index is 665. The van der Waals surface area contributed by atoms with E-state index in [9.17, 15) is 14.9 Å². The Hall–Kier alpha value is -2.27. The van der Waals surface area contributed by atoms with E-state index < -0.39 is 23.6 Å². The zero-order valence-electron chi connectivity index (χ0n) is 15.3. The quantitative estimate of drug-likeness (QED) is 0.581. The van der Waals surface area contributed by atoms with Gasteiger partial charge in [-0.1, -0.05) is 6.07 Å². The van der Waals surface area contributed by atoms with Gasteiger partial charge in [0.2, 0.25) is 0 Å². The lowest BCUT2D eigenvalue weighted by molar-refractivity contribution is -0.130. The zero-order valence-corrected chi connectivity index (χ0v) is 16.1. The Labute approximate surface area is 158 Å². The average molecular weight is 376 g/mol. The number of nitrogens with zero attached hydrogens (tertiary/aromatic N) is 3. The molecule has 0 aromatic carbocycles. The number of nitrogens with one attached hydrogen (secondary N) is 1. The zero-order chi connectivity index (χ0) is 19.2. The van der Waals surface area contributed by atoms with Crippen molar-refractivity contribution in [3.05, 3.63) is 30.1 Å². The molecule has 0 radical (unpaired) electrons. The van der Waals surface area contributed by atoms with Gasteiger partial charge in [0.15, 0.2) is 6.19 Å². The highest BCUT2D eigenvalue weighted by atomic mass is 32.2. The number of aromatic nitrogens is 1. The van der Waals surface area contributed by atoms with Crippen molar-refractivity contribution in [3.8, 4) is 6.19 Å². The van der Waals surface area contributed by atoms with Crippen molar-refractivity contribution in [2.24, 2.45) is 0 Å². The Kier molecular flexibility index (Phi) is 6.86. The van der Waals surface area contributed by atoms with E-state index in [1.807, 2.05) is 24.4 Å². The molecule has 0 aliphatic heterocycles. The number of thioether (sulfide) groups is 1. The topological polar surface area (TPSA) is 95.3 Å². The third kappa shape index (κ3) is 6.56. The van der Waals surface area contributed by atoms with E-state index in [0.29, 0.717) is 11.5 Å². The molecule has 0 bridgehead atoms. The van der Waals surface area contributed by atoms with Crippen molar-refractivity contribution in [1.29, 1.82) is 5.26 Å². The average Bonchev–Trinajstić information content (AvgIpc) is 3.38. The fourth-order valence-electron chi connectivity index (χ4n) is 2.20. The number of hydrogen-bond donors (Lipinski definition) is 1. The van der Waals surface area contributed by atoms with Crippen LogP contribution in [-0.2, 0) is 15.3 Å². The molecular weight excluding hydrogens is 352 g/mol. The first-order valence-electron chi connectivity index (χ1n) is 8.50. The van der Waals surface area contributed by atoms with E-state index in [1.165, 1.54) is 16.7 Å². The first kappa shape index (κ1) is 20.0. The number of carbonyl (C=O) groups excluding carboxylic acids is 2. The van der Waals surface area contributed by atoms with Gasteiger partial charge in [0.25, 0.3) is 5.91 Å². The van der Waals surface area contributed by atoms with Crippen molar-refractivity contribution in [2.45, 2.75) is 57.1 Å². The summed E-state index contributed by atoms with van der Waals surface area (Å²) in [6.45, 7) is 5.26. The molecule has 1 aromatic rings. The summed E-state index contributed by atoms with van der Waals surface area (Å²) in [6, 6.07) is 4.77. The molecule has 1 aliphatic rings. The van der Waals surface area contributed by atoms with Crippen LogP contribution in [0.25, 0.3) is 0 Å². The van der Waals surface area contributed by atoms with Crippen LogP contribution in [0.5, 0.6) is 0 Å². The molecule has 26 heavy (non-hydrogen) atoms. The smallest absolute Gasteiger partial charge is 0.408 e. The van der Waals surface area contributed by atoms with Gasteiger partial charge in [0, 0.05) is 23.7 Å². The highest BCUT2D eigenvalue weighted by Gasteiger charge is 2.37. The molecule has 0 spiro atoms. The van der Waals surface area contributed by atoms with Crippen LogP contribution in [0, 0.1) is 11.5 Å². The summed E-state index contributed by atoms with van der Waals surface area (Å²) in [5.41, 5.74) is 0.227. The minimum Gasteiger partial charge on any atom is -0.444 e. The summed E-state index contributed by atoms with van der Waals surface area (Å²) in [7, 11) is 0. The van der Waals surface area contributed by atoms with Gasteiger partial charge in [-0.15, -0.1) is 0 Å². The number of hydrogen-bond acceptors (Lipinski definition) is 6. The van der Waals surface area contributed by atoms with Gasteiger partial charge in [0.05, 0.1) is 5.69 Å². The van der Waals surface area contributed by atoms with Gasteiger partial charge in [0.1, 0.15) is 11.6 Å². The Morgan fingerprint density at radius 2 is 2.19 bits per heavy atom. The van der Waals surface area contributed by atoms with E-state index in [4.69, 9.17) is 4.74 Å². The molecule has 1 fully saturated rings. The Balaban J connectivity index is 1.99. The molecule has 1 atom stereocenters. The molecule has 140 valence electrons. The lowest BCUT2D eigenvalue weighted by atomic mass is 10.2. The monoisotopic (exact) mass is 376 g/mol. The number of alkyl carbamates (subject to hydrolysis) is 1. The third-order valence-corrected chi connectivity index (χ3v) is 4.58. The van der Waals surface area contributed by atoms with E-state index in [0.717, 1.165) is 18.5 Å². The van der Waals surface area contributed by atoms with Crippen LogP contribution in [-0.4, -0.2) is 45.3 Å². The predicted molar refractivity (Wildman–Crippen MR) is 99.0 cm³/mol. The number of rotatable bonds is 7. The Morgan fingerprint density at radius 1 is 1.46 bits per heavy atom. The second-order valence-electron chi connectivity index (χ2n) is 7.07. The highest BCUT2D eigenvalue weighted by Crippen LogP contribution is 2.27. The van der Waals surface area contributed by atoms with Gasteiger partial charge in [-0.05, 0) is 45.7 Å². The van der Waals surface area contributed by atoms with Gasteiger partial charge in [-0.25, -0.2) is 9.69 Å². The summed E-state index contributed by atoms with van der Waals surface area (Å²) in [5, 5.41) is 11.9. The lowest BCUT2D eigenvalue weighted by Crippen LogP contribution is -2.50. The first-order chi connectivity index (χ1) is 12.3. The number of amides is 2. The minimum absolute atomic E-state index is 0.0452. The fraction of sp³-hybridized carbons (Fsp3) is 0.556. The SMILES string of the molecule is CC(C)(C)OC(=O)NC(CSCc1ccccn1)C(=O)N(C#N)C1CC1. The summed E-state index contributed by atoms with van der Waals surface area (Å²) in [5.74, 6) is 0.547. The van der Waals surface area contributed by atoms with Gasteiger partial charge >= 0.3 is 6.09 Å². The summed E-state index contributed by atoms with van der Waals surface area (Å²) < 4.78 is 5.25. The van der Waals surface area contributed by atoms with E-state index in [-0.39, 0.29) is 6.04 Å². The molecule has 0 saturated heterocycles. The molecule has 2 rings (SSSR count). The predicted octanol–water partition coefficient (Wildman–Crippen LogP) is 2.68. The summed E-state index contributed by atoms with van der Waals surface area (Å²) >= 11 is 1.47. The van der Waals surface area contributed by atoms with Crippen molar-refractivity contribution >= 4 is 23.8 Å². The largest absolute Gasteiger partial charge is 0.444 e. The maximum Gasteiger partial charge on any atom is 0.408 e. The maximum atomic E-state index is 12.7. The standard InChI is InChI=1S/C18H24N4O3S/c1-18(2,3)25-17(24)21-15(16(23)22(12-19)14-7-8-14)11-26-10-13-6-4-5-9-20-13/h4-6,9,14-15H,7-8,10-11H2,1-3H3,(H,21,24). The van der Waals surface area contributed by atoms with Crippen molar-refractivity contribution in [3.63, 3.8) is 0 Å². The number of carbonyl (C=O) groups is 2. The van der Waals surface area contributed by atoms with Crippen LogP contribution < -0.4 is 5.32 Å². The van der Waals surface area contributed by atoms with Crippen molar-refractivity contribution in [1.82, 2.24) is 15.2 Å². The molecular formula is C18H24N4O3S. The third-order valence-electron chi connectivity index (χ3n) is 3.51. The molecule has 1 aromatic heterocycles. The summed E-state index contributed by atoms with van der Waals surface area (Å²) in [4.78, 5) is 30.2. The van der Waals surface area contributed by atoms with Gasteiger partial charge < -0.3 is 10.1 Å². The molecule has 2 amide bonds. The molecule has 1 heterocycles. The summed E-state index contributed by atoms with van der Waals surface area (Å²) in [6.07, 6.45) is 4.63. The number of ether oxygens (including phenoxy) is 1. The highest BCUT2D eigenvalue weighted by molar-refractivity contribution is 7.98. The van der Waals surface area contributed by atoms with E-state index in [1.54, 1.807) is 27.0 Å². The number of nitriles is 1. The van der Waals surface area contributed by atoms with Crippen molar-refractivity contribution < 1.29 is 14.3 Å². The minimum atomic E-state index is -0.821. The molecule has 8 heteroatoms. The van der Waals surface area contributed by atoms with Gasteiger partial charge in [-0.3, -0.25) is 9.78 Å². The van der Waals surface area contributed by atoms with Crippen molar-refractivity contribution in [2.75, 3.05) is 5.75 Å². The number of pyridine rings is 1. The molecule has 7 nitrogen and oxygen atoms in total. The van der Waals surface area contributed by atoms with E-state index >= 15 is 0 Å². The lowest BCUT2D eigenvalue weighted by Gasteiger charge is -2.25. The first-order valence-corrected chi connectivity index (χ1v) is 9.65. The van der Waals surface area contributed by atoms with Crippen LogP contribution in [0.3, 0.4) is 0 Å². The second kappa shape index (κ2) is 8.90. The van der Waals surface area contributed by atoms with E-state index in [2.05, 4.69) is 10.3 Å². The van der Waals surface area contributed by atoms with Crippen LogP contribution in [0.2, 0.25) is 0 Å². The fourth-order valence-corrected chi connectivity index (χ4v) is 3.16. The molecule has 1 saturated carbocycles.